The minimum Gasteiger partial charge on any atom is -0.460 e. The largest absolute Gasteiger partial charge is 0.460 e. The number of halogens is 3. The number of fused-ring (bicyclic) bond motifs is 1. The van der Waals surface area contributed by atoms with E-state index in [9.17, 15) is 27.6 Å². The number of esters is 1. The highest BCUT2D eigenvalue weighted by Gasteiger charge is 2.35. The number of hydrogen-bond donors (Lipinski definition) is 2. The number of nitrogens with zero attached hydrogens (tertiary/aromatic N) is 1. The number of aromatic nitrogens is 2. The molecule has 1 fully saturated rings. The maximum Gasteiger partial charge on any atom is 0.418 e. The third kappa shape index (κ3) is 3.56. The molecule has 2 atom stereocenters. The number of nitrogens with one attached hydrogen (secondary N) is 1. The molecule has 0 unspecified atom stereocenters. The molecule has 146 valence electrons. The number of anilines is 1. The second kappa shape index (κ2) is 6.75. The Labute approximate surface area is 150 Å². The van der Waals surface area contributed by atoms with Crippen LogP contribution in [0.2, 0.25) is 0 Å². The van der Waals surface area contributed by atoms with Crippen LogP contribution < -0.4 is 16.9 Å². The molecule has 27 heavy (non-hydrogen) atoms. The lowest BCUT2D eigenvalue weighted by atomic mass is 9.91. The van der Waals surface area contributed by atoms with Crippen molar-refractivity contribution in [2.75, 3.05) is 5.73 Å². The Morgan fingerprint density at radius 2 is 1.93 bits per heavy atom. The Hall–Kier alpha value is -2.78. The van der Waals surface area contributed by atoms with Gasteiger partial charge in [-0.25, -0.2) is 0 Å². The number of alkyl halides is 3. The van der Waals surface area contributed by atoms with Gasteiger partial charge >= 0.3 is 23.3 Å². The van der Waals surface area contributed by atoms with Gasteiger partial charge in [0.2, 0.25) is 0 Å². The molecule has 10 heteroatoms. The monoisotopic (exact) mass is 385 g/mol. The molecule has 0 spiro atoms. The standard InChI is InChI=1S/C17H18F3N3O4/c1-8(24)27-14-5-3-2-4-12(14)23-13-7-10(21)9(17(18,19)20)6-11(13)22-15(25)16(23)26/h6-7,12,14H,2-5,21H2,1H3,(H,22,25)/t12-,14+/m1/s1. The van der Waals surface area contributed by atoms with Crippen LogP contribution in [0.25, 0.3) is 11.0 Å². The van der Waals surface area contributed by atoms with Crippen molar-refractivity contribution in [1.82, 2.24) is 9.55 Å². The van der Waals surface area contributed by atoms with Gasteiger partial charge in [0, 0.05) is 12.6 Å². The fourth-order valence-corrected chi connectivity index (χ4v) is 3.60. The molecule has 1 saturated carbocycles. The number of carbonyl (C=O) groups is 1. The third-order valence-corrected chi connectivity index (χ3v) is 4.71. The molecular formula is C17H18F3N3O4. The highest BCUT2D eigenvalue weighted by Crippen LogP contribution is 2.37. The van der Waals surface area contributed by atoms with Crippen LogP contribution in [0.5, 0.6) is 0 Å². The first-order valence-electron chi connectivity index (χ1n) is 8.42. The van der Waals surface area contributed by atoms with Crippen molar-refractivity contribution < 1.29 is 22.7 Å². The van der Waals surface area contributed by atoms with Gasteiger partial charge in [-0.3, -0.25) is 19.0 Å². The molecule has 3 N–H and O–H groups in total. The normalized spacial score (nSPS) is 20.6. The van der Waals surface area contributed by atoms with Crippen molar-refractivity contribution in [3.8, 4) is 0 Å². The quantitative estimate of drug-likeness (QED) is 0.469. The number of H-pyrrole nitrogens is 1. The van der Waals surface area contributed by atoms with Gasteiger partial charge in [-0.15, -0.1) is 0 Å². The third-order valence-electron chi connectivity index (χ3n) is 4.71. The van der Waals surface area contributed by atoms with Crippen LogP contribution in [-0.4, -0.2) is 21.6 Å². The smallest absolute Gasteiger partial charge is 0.418 e. The van der Waals surface area contributed by atoms with Gasteiger partial charge in [0.1, 0.15) is 6.10 Å². The highest BCUT2D eigenvalue weighted by molar-refractivity contribution is 5.81. The van der Waals surface area contributed by atoms with Crippen molar-refractivity contribution in [1.29, 1.82) is 0 Å². The van der Waals surface area contributed by atoms with E-state index in [0.717, 1.165) is 23.5 Å². The molecule has 0 saturated heterocycles. The number of carbonyl (C=O) groups excluding carboxylic acids is 1. The maximum absolute atomic E-state index is 13.1. The lowest BCUT2D eigenvalue weighted by molar-refractivity contribution is -0.150. The topological polar surface area (TPSA) is 107 Å². The van der Waals surface area contributed by atoms with Gasteiger partial charge in [-0.2, -0.15) is 13.2 Å². The number of benzene rings is 1. The first-order chi connectivity index (χ1) is 12.6. The van der Waals surface area contributed by atoms with Crippen LogP contribution >= 0.6 is 0 Å². The summed E-state index contributed by atoms with van der Waals surface area (Å²) in [4.78, 5) is 38.2. The van der Waals surface area contributed by atoms with Gasteiger partial charge < -0.3 is 15.5 Å². The minimum absolute atomic E-state index is 0.0640. The SMILES string of the molecule is CC(=O)O[C@H]1CCCC[C@H]1n1c(=O)c(=O)[nH]c2cc(C(F)(F)F)c(N)cc21. The van der Waals surface area contributed by atoms with Crippen molar-refractivity contribution in [2.24, 2.45) is 0 Å². The molecule has 0 radical (unpaired) electrons. The first kappa shape index (κ1) is 19.0. The summed E-state index contributed by atoms with van der Waals surface area (Å²) in [7, 11) is 0. The molecule has 1 aliphatic rings. The van der Waals surface area contributed by atoms with E-state index in [0.29, 0.717) is 18.9 Å². The average molecular weight is 385 g/mol. The van der Waals surface area contributed by atoms with Crippen molar-refractivity contribution in [3.63, 3.8) is 0 Å². The molecule has 1 aromatic heterocycles. The van der Waals surface area contributed by atoms with E-state index in [2.05, 4.69) is 4.98 Å². The van der Waals surface area contributed by atoms with Crippen LogP contribution in [0.3, 0.4) is 0 Å². The molecular weight excluding hydrogens is 367 g/mol. The molecule has 0 aliphatic heterocycles. The lowest BCUT2D eigenvalue weighted by Crippen LogP contribution is -2.43. The van der Waals surface area contributed by atoms with E-state index < -0.39 is 46.7 Å². The molecule has 7 nitrogen and oxygen atoms in total. The van der Waals surface area contributed by atoms with Crippen LogP contribution in [0, 0.1) is 0 Å². The van der Waals surface area contributed by atoms with Gasteiger partial charge in [-0.05, 0) is 31.4 Å². The van der Waals surface area contributed by atoms with Crippen molar-refractivity contribution in [2.45, 2.75) is 50.9 Å². The van der Waals surface area contributed by atoms with Gasteiger partial charge in [0.25, 0.3) is 0 Å². The van der Waals surface area contributed by atoms with Crippen molar-refractivity contribution in [3.05, 3.63) is 38.4 Å². The van der Waals surface area contributed by atoms with Gasteiger partial charge in [0.15, 0.2) is 0 Å². The number of rotatable bonds is 2. The number of aromatic amines is 1. The van der Waals surface area contributed by atoms with E-state index in [-0.39, 0.29) is 11.0 Å². The predicted octanol–water partition coefficient (Wildman–Crippen LogP) is 2.34. The minimum atomic E-state index is -4.71. The summed E-state index contributed by atoms with van der Waals surface area (Å²) in [6, 6.07) is 1.08. The molecule has 2 aromatic rings. The second-order valence-corrected chi connectivity index (χ2v) is 6.58. The summed E-state index contributed by atoms with van der Waals surface area (Å²) in [5.74, 6) is -0.534. The number of ether oxygens (including phenoxy) is 1. The molecule has 0 bridgehead atoms. The molecule has 0 amide bonds. The second-order valence-electron chi connectivity index (χ2n) is 6.58. The summed E-state index contributed by atoms with van der Waals surface area (Å²) in [5, 5.41) is 0. The van der Waals surface area contributed by atoms with E-state index in [1.165, 1.54) is 6.92 Å². The van der Waals surface area contributed by atoms with Crippen LogP contribution in [0.15, 0.2) is 21.7 Å². The molecule has 1 heterocycles. The van der Waals surface area contributed by atoms with Crippen LogP contribution in [0.1, 0.15) is 44.2 Å². The Bertz CT molecular complexity index is 1010. The Balaban J connectivity index is 2.26. The zero-order valence-corrected chi connectivity index (χ0v) is 14.4. The summed E-state index contributed by atoms with van der Waals surface area (Å²) >= 11 is 0. The van der Waals surface area contributed by atoms with Crippen molar-refractivity contribution >= 4 is 22.7 Å². The molecule has 3 rings (SSSR count). The van der Waals surface area contributed by atoms with E-state index >= 15 is 0 Å². The fourth-order valence-electron chi connectivity index (χ4n) is 3.60. The molecule has 1 aliphatic carbocycles. The van der Waals surface area contributed by atoms with E-state index in [1.54, 1.807) is 0 Å². The Kier molecular flexibility index (Phi) is 4.75. The Morgan fingerprint density at radius 3 is 2.56 bits per heavy atom. The van der Waals surface area contributed by atoms with E-state index in [4.69, 9.17) is 10.5 Å². The maximum atomic E-state index is 13.1. The summed E-state index contributed by atoms with van der Waals surface area (Å²) in [6.45, 7) is 1.23. The van der Waals surface area contributed by atoms with E-state index in [1.807, 2.05) is 0 Å². The van der Waals surface area contributed by atoms with Gasteiger partial charge in [0.05, 0.1) is 22.6 Å². The number of nitrogen functional groups attached to an aromatic ring is 1. The average Bonchev–Trinajstić information content (AvgIpc) is 2.56. The molecule has 1 aromatic carbocycles. The summed E-state index contributed by atoms with van der Waals surface area (Å²) < 4.78 is 45.8. The van der Waals surface area contributed by atoms with Crippen LogP contribution in [0.4, 0.5) is 18.9 Å². The Morgan fingerprint density at radius 1 is 1.26 bits per heavy atom. The number of nitrogens with two attached hydrogens (primary N) is 1. The zero-order chi connectivity index (χ0) is 19.9. The summed E-state index contributed by atoms with van der Waals surface area (Å²) in [6.07, 6.45) is -2.94. The van der Waals surface area contributed by atoms with Gasteiger partial charge in [-0.1, -0.05) is 6.42 Å². The first-order valence-corrected chi connectivity index (χ1v) is 8.42. The lowest BCUT2D eigenvalue weighted by Gasteiger charge is -2.33. The fraction of sp³-hybridized carbons (Fsp3) is 0.471. The predicted molar refractivity (Wildman–Crippen MR) is 91.3 cm³/mol. The highest BCUT2D eigenvalue weighted by atomic mass is 19.4. The zero-order valence-electron chi connectivity index (χ0n) is 14.4. The number of hydrogen-bond acceptors (Lipinski definition) is 5. The van der Waals surface area contributed by atoms with Crippen LogP contribution in [-0.2, 0) is 15.7 Å². The summed E-state index contributed by atoms with van der Waals surface area (Å²) in [5.41, 5.74) is 1.83.